The molecule has 1 amide bonds. The van der Waals surface area contributed by atoms with E-state index in [9.17, 15) is 4.79 Å². The van der Waals surface area contributed by atoms with Crippen molar-refractivity contribution in [3.05, 3.63) is 101 Å². The number of anilines is 1. The van der Waals surface area contributed by atoms with Gasteiger partial charge in [0.2, 0.25) is 5.91 Å². The molecule has 7 nitrogen and oxygen atoms in total. The Hall–Kier alpha value is -3.71. The average molecular weight is 460 g/mol. The molecule has 2 atom stereocenters. The second kappa shape index (κ2) is 9.42. The summed E-state index contributed by atoms with van der Waals surface area (Å²) in [6.45, 7) is 1.12. The first-order chi connectivity index (χ1) is 16.1. The number of halogens is 1. The molecule has 4 aromatic rings. The maximum absolute atomic E-state index is 12.6. The Kier molecular flexibility index (Phi) is 6.04. The molecule has 1 N–H and O–H groups in total. The Labute approximate surface area is 196 Å². The zero-order valence-electron chi connectivity index (χ0n) is 17.8. The summed E-state index contributed by atoms with van der Waals surface area (Å²) in [6.07, 6.45) is 6.04. The normalized spacial score (nSPS) is 16.9. The number of carbonyl (C=O) groups excluding carboxylic acids is 1. The molecule has 0 unspecified atom stereocenters. The number of benzene rings is 2. The van der Waals surface area contributed by atoms with Crippen molar-refractivity contribution in [1.82, 2.24) is 20.0 Å². The molecule has 1 aliphatic carbocycles. The molecular weight excluding hydrogens is 438 g/mol. The zero-order chi connectivity index (χ0) is 22.6. The molecule has 2 heterocycles. The minimum absolute atomic E-state index is 0.0702. The van der Waals surface area contributed by atoms with Crippen LogP contribution in [0.2, 0.25) is 5.02 Å². The molecule has 2 aromatic carbocycles. The van der Waals surface area contributed by atoms with E-state index in [4.69, 9.17) is 16.3 Å². The van der Waals surface area contributed by atoms with Gasteiger partial charge in [0.15, 0.2) is 5.82 Å². The topological polar surface area (TPSA) is 81.9 Å². The van der Waals surface area contributed by atoms with Crippen LogP contribution in [0.25, 0.3) is 0 Å². The molecule has 0 saturated heterocycles. The third-order valence-electron chi connectivity index (χ3n) is 5.62. The number of rotatable bonds is 8. The molecular formula is C25H22ClN5O2. The van der Waals surface area contributed by atoms with E-state index in [1.807, 2.05) is 53.3 Å². The van der Waals surface area contributed by atoms with E-state index in [0.717, 1.165) is 29.7 Å². The molecule has 1 saturated carbocycles. The summed E-state index contributed by atoms with van der Waals surface area (Å²) in [5, 5.41) is 15.7. The quantitative estimate of drug-likeness (QED) is 0.413. The van der Waals surface area contributed by atoms with Crippen LogP contribution in [0.5, 0.6) is 5.75 Å². The minimum Gasteiger partial charge on any atom is -0.487 e. The van der Waals surface area contributed by atoms with E-state index in [1.54, 1.807) is 12.3 Å². The monoisotopic (exact) mass is 459 g/mol. The van der Waals surface area contributed by atoms with Gasteiger partial charge in [-0.3, -0.25) is 9.48 Å². The van der Waals surface area contributed by atoms with Crippen LogP contribution < -0.4 is 10.1 Å². The van der Waals surface area contributed by atoms with E-state index in [-0.39, 0.29) is 17.7 Å². The summed E-state index contributed by atoms with van der Waals surface area (Å²) in [6, 6.07) is 19.4. The largest absolute Gasteiger partial charge is 0.487 e. The average Bonchev–Trinajstić information content (AvgIpc) is 3.48. The Balaban J connectivity index is 1.14. The highest BCUT2D eigenvalue weighted by Crippen LogP contribution is 2.48. The molecule has 1 aliphatic rings. The van der Waals surface area contributed by atoms with Crippen molar-refractivity contribution >= 4 is 23.3 Å². The van der Waals surface area contributed by atoms with Crippen LogP contribution in [-0.4, -0.2) is 25.9 Å². The Morgan fingerprint density at radius 3 is 2.76 bits per heavy atom. The van der Waals surface area contributed by atoms with Crippen LogP contribution in [0.15, 0.2) is 79.3 Å². The number of amides is 1. The Morgan fingerprint density at radius 2 is 1.97 bits per heavy atom. The second-order valence-corrected chi connectivity index (χ2v) is 8.51. The third-order valence-corrected chi connectivity index (χ3v) is 5.85. The molecule has 8 heteroatoms. The van der Waals surface area contributed by atoms with Gasteiger partial charge in [0, 0.05) is 29.4 Å². The van der Waals surface area contributed by atoms with Crippen LogP contribution in [0.4, 0.5) is 5.82 Å². The first-order valence-electron chi connectivity index (χ1n) is 10.7. The van der Waals surface area contributed by atoms with Crippen molar-refractivity contribution in [1.29, 1.82) is 0 Å². The van der Waals surface area contributed by atoms with Crippen molar-refractivity contribution in [2.24, 2.45) is 5.92 Å². The maximum Gasteiger partial charge on any atom is 0.229 e. The van der Waals surface area contributed by atoms with Gasteiger partial charge < -0.3 is 10.1 Å². The third kappa shape index (κ3) is 5.38. The van der Waals surface area contributed by atoms with Crippen molar-refractivity contribution in [3.63, 3.8) is 0 Å². The summed E-state index contributed by atoms with van der Waals surface area (Å²) in [4.78, 5) is 12.6. The lowest BCUT2D eigenvalue weighted by Crippen LogP contribution is -2.16. The molecule has 0 bridgehead atoms. The van der Waals surface area contributed by atoms with Crippen LogP contribution >= 0.6 is 11.6 Å². The number of hydrogen-bond acceptors (Lipinski definition) is 5. The highest BCUT2D eigenvalue weighted by atomic mass is 35.5. The molecule has 0 radical (unpaired) electrons. The first-order valence-corrected chi connectivity index (χ1v) is 11.1. The van der Waals surface area contributed by atoms with E-state index >= 15 is 0 Å². The van der Waals surface area contributed by atoms with Gasteiger partial charge in [0.25, 0.3) is 0 Å². The number of nitrogens with zero attached hydrogens (tertiary/aromatic N) is 4. The highest BCUT2D eigenvalue weighted by Gasteiger charge is 2.44. The van der Waals surface area contributed by atoms with E-state index in [2.05, 4.69) is 32.7 Å². The van der Waals surface area contributed by atoms with Crippen LogP contribution in [0.3, 0.4) is 0 Å². The lowest BCUT2D eigenvalue weighted by Gasteiger charge is -2.09. The lowest BCUT2D eigenvalue weighted by molar-refractivity contribution is -0.117. The van der Waals surface area contributed by atoms with Gasteiger partial charge in [-0.2, -0.15) is 10.2 Å². The van der Waals surface area contributed by atoms with Crippen LogP contribution in [0.1, 0.15) is 29.0 Å². The van der Waals surface area contributed by atoms with E-state index in [1.165, 1.54) is 6.20 Å². The Morgan fingerprint density at radius 1 is 1.12 bits per heavy atom. The number of aromatic nitrogens is 4. The van der Waals surface area contributed by atoms with Gasteiger partial charge in [-0.25, -0.2) is 0 Å². The molecule has 0 spiro atoms. The number of ether oxygens (including phenoxy) is 1. The van der Waals surface area contributed by atoms with Gasteiger partial charge >= 0.3 is 0 Å². The van der Waals surface area contributed by atoms with E-state index < -0.39 is 0 Å². The maximum atomic E-state index is 12.6. The number of carbonyl (C=O) groups is 1. The molecule has 2 aromatic heterocycles. The summed E-state index contributed by atoms with van der Waals surface area (Å²) >= 11 is 6.07. The highest BCUT2D eigenvalue weighted by molar-refractivity contribution is 6.30. The van der Waals surface area contributed by atoms with Crippen molar-refractivity contribution < 1.29 is 9.53 Å². The van der Waals surface area contributed by atoms with Crippen LogP contribution in [0, 0.1) is 5.92 Å². The zero-order valence-corrected chi connectivity index (χ0v) is 18.5. The molecule has 33 heavy (non-hydrogen) atoms. The first kappa shape index (κ1) is 21.2. The summed E-state index contributed by atoms with van der Waals surface area (Å²) in [5.74, 6) is 0.952. The molecule has 0 aliphatic heterocycles. The van der Waals surface area contributed by atoms with Gasteiger partial charge in [-0.05, 0) is 47.2 Å². The fourth-order valence-corrected chi connectivity index (χ4v) is 3.99. The molecule has 1 fully saturated rings. The minimum atomic E-state index is -0.0879. The number of nitrogens with one attached hydrogen (secondary N) is 1. The van der Waals surface area contributed by atoms with Crippen molar-refractivity contribution in [2.75, 3.05) is 5.32 Å². The summed E-state index contributed by atoms with van der Waals surface area (Å²) in [7, 11) is 0. The second-order valence-electron chi connectivity index (χ2n) is 8.08. The summed E-state index contributed by atoms with van der Waals surface area (Å²) in [5.41, 5.74) is 3.28. The molecule has 166 valence electrons. The predicted octanol–water partition coefficient (Wildman–Crippen LogP) is 4.70. The predicted molar refractivity (Wildman–Crippen MR) is 125 cm³/mol. The SMILES string of the molecule is O=C(Nc1cc(OCc2ccc(Cn3cccn3)cc2)cnn1)[C@H]1C[C@@H]1c1cccc(Cl)c1. The van der Waals surface area contributed by atoms with Gasteiger partial charge in [0.05, 0.1) is 12.7 Å². The van der Waals surface area contributed by atoms with Crippen molar-refractivity contribution in [3.8, 4) is 5.75 Å². The van der Waals surface area contributed by atoms with Crippen molar-refractivity contribution in [2.45, 2.75) is 25.5 Å². The molecule has 5 rings (SSSR count). The number of hydrogen-bond donors (Lipinski definition) is 1. The van der Waals surface area contributed by atoms with Crippen LogP contribution in [-0.2, 0) is 17.9 Å². The Bertz CT molecular complexity index is 1240. The standard InChI is InChI=1S/C25H22ClN5O2/c26-20-4-1-3-19(11-20)22-13-23(22)25(32)29-24-12-21(14-27-30-24)33-16-18-7-5-17(6-8-18)15-31-10-2-9-28-31/h1-12,14,22-23H,13,15-16H2,(H,29,30,32)/t22-,23+/m1/s1. The lowest BCUT2D eigenvalue weighted by atomic mass is 10.1. The smallest absolute Gasteiger partial charge is 0.229 e. The van der Waals surface area contributed by atoms with Gasteiger partial charge in [-0.15, -0.1) is 5.10 Å². The summed E-state index contributed by atoms with van der Waals surface area (Å²) < 4.78 is 7.73. The fourth-order valence-electron chi connectivity index (χ4n) is 3.79. The van der Waals surface area contributed by atoms with Gasteiger partial charge in [-0.1, -0.05) is 48.0 Å². The van der Waals surface area contributed by atoms with Gasteiger partial charge in [0.1, 0.15) is 12.4 Å². The van der Waals surface area contributed by atoms with E-state index in [0.29, 0.717) is 23.2 Å². The fraction of sp³-hybridized carbons (Fsp3) is 0.200.